The molecule has 0 aromatic carbocycles. The summed E-state index contributed by atoms with van der Waals surface area (Å²) in [7, 11) is -35.2. The lowest BCUT2D eigenvalue weighted by Crippen LogP contribution is -2.10. The quantitative estimate of drug-likeness (QED) is 0.309. The van der Waals surface area contributed by atoms with E-state index < -0.39 is 46.5 Å². The molecule has 8 nitrogen and oxygen atoms in total. The molecule has 0 aromatic heterocycles. The Labute approximate surface area is 122 Å². The van der Waals surface area contributed by atoms with Crippen LogP contribution in [0.15, 0.2) is 27.1 Å². The molecule has 2 aliphatic heterocycles. The second-order valence-electron chi connectivity index (χ2n) is 3.63. The number of nitrogens with zero attached hydrogens (tertiary/aromatic N) is 6. The lowest BCUT2D eigenvalue weighted by molar-refractivity contribution is 0.695. The van der Waals surface area contributed by atoms with Crippen LogP contribution in [0, 0.1) is 0 Å². The summed E-state index contributed by atoms with van der Waals surface area (Å²) in [6.07, 6.45) is 0. The molecule has 0 radical (unpaired) electrons. The van der Waals surface area contributed by atoms with Crippen molar-refractivity contribution in [2.75, 3.05) is 0 Å². The molecule has 0 amide bonds. The van der Waals surface area contributed by atoms with Crippen molar-refractivity contribution in [1.29, 1.82) is 0 Å². The van der Waals surface area contributed by atoms with Crippen LogP contribution in [0.5, 0.6) is 0 Å². The molecule has 2 unspecified atom stereocenters. The molecule has 0 saturated carbocycles. The van der Waals surface area contributed by atoms with Crippen LogP contribution in [0.1, 0.15) is 0 Å². The van der Waals surface area contributed by atoms with Gasteiger partial charge in [-0.2, -0.15) is 18.1 Å². The molecule has 0 saturated heterocycles. The van der Waals surface area contributed by atoms with Gasteiger partial charge in [0.15, 0.2) is 0 Å². The maximum atomic E-state index is 14.1. The molecule has 2 rings (SSSR count). The van der Waals surface area contributed by atoms with E-state index in [0.29, 0.717) is 0 Å². The van der Waals surface area contributed by atoms with E-state index in [1.807, 2.05) is 9.03 Å². The van der Waals surface area contributed by atoms with Crippen molar-refractivity contribution < 1.29 is 37.8 Å². The van der Waals surface area contributed by atoms with Gasteiger partial charge < -0.3 is 0 Å². The fraction of sp³-hybridized carbons (Fsp3) is 0. The van der Waals surface area contributed by atoms with E-state index >= 15 is 0 Å². The lowest BCUT2D eigenvalue weighted by Gasteiger charge is -2.24. The lowest BCUT2D eigenvalue weighted by atomic mass is 13.7. The van der Waals surface area contributed by atoms with E-state index in [9.17, 15) is 37.8 Å². The van der Waals surface area contributed by atoms with Gasteiger partial charge in [-0.05, 0) is 0 Å². The van der Waals surface area contributed by atoms with Gasteiger partial charge in [-0.3, -0.25) is 5.50 Å². The molecule has 23 heteroatoms. The molecule has 136 valence electrons. The molecule has 0 spiro atoms. The Balaban J connectivity index is 2.65. The zero-order chi connectivity index (χ0) is 17.9. The number of nitrogens with two attached hydrogens (primary N) is 1. The normalized spacial score (nSPS) is 39.4. The Morgan fingerprint density at radius 2 is 0.913 bits per heavy atom. The zero-order valence-electron chi connectivity index (χ0n) is 9.85. The Hall–Kier alpha value is 0.670. The second-order valence-corrected chi connectivity index (χ2v) is 14.7. The molecule has 0 fully saturated rings. The van der Waals surface area contributed by atoms with Crippen LogP contribution in [-0.4, -0.2) is 0 Å². The first-order chi connectivity index (χ1) is 9.95. The van der Waals surface area contributed by atoms with Gasteiger partial charge in [0.2, 0.25) is 7.51 Å². The van der Waals surface area contributed by atoms with Crippen LogP contribution in [0.2, 0.25) is 0 Å². The standard InChI is InChI=1S/F9H3N8P6/c1-18(2)11-19(3,4)14-22(9,13-18)17-23(10)15-20(5,6)12-21(7,8)16-23/h17H,10H2. The number of hydrogen-bond acceptors (Lipinski definition) is 8. The highest BCUT2D eigenvalue weighted by molar-refractivity contribution is 7.87. The summed E-state index contributed by atoms with van der Waals surface area (Å²) < 4.78 is 131. The average molecular weight is 472 g/mol. The smallest absolute Gasteiger partial charge is 0.267 e. The van der Waals surface area contributed by atoms with Crippen molar-refractivity contribution in [3.05, 3.63) is 0 Å². The highest BCUT2D eigenvalue weighted by atomic mass is 31.3. The van der Waals surface area contributed by atoms with Crippen molar-refractivity contribution in [3.63, 3.8) is 0 Å². The minimum atomic E-state index is -6.18. The first-order valence-corrected chi connectivity index (χ1v) is 13.9. The maximum Gasteiger partial charge on any atom is 0.424 e. The van der Waals surface area contributed by atoms with Crippen molar-refractivity contribution in [2.45, 2.75) is 0 Å². The summed E-state index contributed by atoms with van der Waals surface area (Å²) in [6.45, 7) is 0. The monoisotopic (exact) mass is 472 g/mol. The fourth-order valence-electron chi connectivity index (χ4n) is 1.25. The van der Waals surface area contributed by atoms with E-state index in [0.717, 1.165) is 4.86 Å². The van der Waals surface area contributed by atoms with Gasteiger partial charge >= 0.3 is 39.0 Å². The SMILES string of the molecule is NP1(NP2(F)=NP(F)(F)=NP(F)(F)=N2)=NP(F)(F)=NP(F)(F)=N1. The minimum Gasteiger partial charge on any atom is -0.267 e. The van der Waals surface area contributed by atoms with Crippen LogP contribution >= 0.6 is 46.5 Å². The average Bonchev–Trinajstić information content (AvgIpc) is 1.98. The number of rotatable bonds is 2. The van der Waals surface area contributed by atoms with Crippen LogP contribution in [0.25, 0.3) is 0 Å². The van der Waals surface area contributed by atoms with Gasteiger partial charge in [0.1, 0.15) is 0 Å². The van der Waals surface area contributed by atoms with Crippen molar-refractivity contribution in [2.24, 2.45) is 32.6 Å². The van der Waals surface area contributed by atoms with E-state index in [2.05, 4.69) is 9.03 Å². The van der Waals surface area contributed by atoms with E-state index in [-0.39, 0.29) is 0 Å². The summed E-state index contributed by atoms with van der Waals surface area (Å²) in [6, 6.07) is 0. The van der Waals surface area contributed by atoms with Crippen molar-refractivity contribution in [1.82, 2.24) is 4.86 Å². The van der Waals surface area contributed by atoms with Gasteiger partial charge in [0.05, 0.1) is 0 Å². The van der Waals surface area contributed by atoms with Gasteiger partial charge in [-0.1, -0.05) is 0 Å². The fourth-order valence-corrected chi connectivity index (χ4v) is 14.6. The minimum absolute atomic E-state index is 0.971. The number of halogens is 9. The second kappa shape index (κ2) is 5.58. The summed E-state index contributed by atoms with van der Waals surface area (Å²) in [5.41, 5.74) is 4.98. The van der Waals surface area contributed by atoms with Crippen LogP contribution in [-0.2, 0) is 0 Å². The first kappa shape index (κ1) is 20.0. The Morgan fingerprint density at radius 1 is 0.522 bits per heavy atom. The number of nitrogens with one attached hydrogen (secondary N) is 1. The highest BCUT2D eigenvalue weighted by Gasteiger charge is 2.44. The van der Waals surface area contributed by atoms with Crippen molar-refractivity contribution >= 4 is 46.5 Å². The maximum absolute atomic E-state index is 14.1. The Bertz CT molecular complexity index is 781. The van der Waals surface area contributed by atoms with Crippen LogP contribution in [0.3, 0.4) is 0 Å². The van der Waals surface area contributed by atoms with E-state index in [4.69, 9.17) is 5.50 Å². The molecule has 0 aliphatic carbocycles. The van der Waals surface area contributed by atoms with E-state index in [1.165, 1.54) is 0 Å². The predicted octanol–water partition coefficient (Wildman–Crippen LogP) is 8.96. The molecular weight excluding hydrogens is 469 g/mol. The van der Waals surface area contributed by atoms with Gasteiger partial charge in [-0.25, -0.2) is 0 Å². The first-order valence-electron chi connectivity index (χ1n) is 4.63. The third-order valence-corrected chi connectivity index (χ3v) is 14.8. The molecule has 2 aliphatic rings. The summed E-state index contributed by atoms with van der Waals surface area (Å²) in [5.74, 6) is 0. The molecule has 0 aromatic rings. The predicted molar refractivity (Wildman–Crippen MR) is 73.4 cm³/mol. The summed E-state index contributed by atoms with van der Waals surface area (Å²) in [4.78, 5) is 0.971. The van der Waals surface area contributed by atoms with Crippen LogP contribution < -0.4 is 10.4 Å². The largest absolute Gasteiger partial charge is 0.424 e. The molecule has 23 heavy (non-hydrogen) atoms. The third-order valence-electron chi connectivity index (χ3n) is 1.65. The van der Waals surface area contributed by atoms with Crippen LogP contribution in [0.4, 0.5) is 37.8 Å². The van der Waals surface area contributed by atoms with Gasteiger partial charge in [0.25, 0.3) is 0 Å². The molecule has 0 bridgehead atoms. The molecule has 3 N–H and O–H groups in total. The third kappa shape index (κ3) is 5.32. The van der Waals surface area contributed by atoms with E-state index in [1.54, 1.807) is 9.03 Å². The number of hydrogen-bond donors (Lipinski definition) is 2. The zero-order valence-corrected chi connectivity index (χ0v) is 15.2. The van der Waals surface area contributed by atoms with Crippen molar-refractivity contribution in [3.8, 4) is 0 Å². The molecule has 2 atom stereocenters. The summed E-state index contributed by atoms with van der Waals surface area (Å²) >= 11 is 0. The highest BCUT2D eigenvalue weighted by Crippen LogP contribution is 2.84. The molecule has 2 heterocycles. The van der Waals surface area contributed by atoms with Gasteiger partial charge in [0, 0.05) is 0 Å². The topological polar surface area (TPSA) is 112 Å². The molecular formula is H3F9N8P6. The Kier molecular flexibility index (Phi) is 4.85. The summed E-state index contributed by atoms with van der Waals surface area (Å²) in [5, 5.41) is 0. The van der Waals surface area contributed by atoms with Gasteiger partial charge in [-0.15, -0.1) is 51.6 Å². The Morgan fingerprint density at radius 3 is 1.35 bits per heavy atom.